The van der Waals surface area contributed by atoms with Crippen molar-refractivity contribution >= 4 is 17.2 Å². The highest BCUT2D eigenvalue weighted by Crippen LogP contribution is 2.14. The highest BCUT2D eigenvalue weighted by atomic mass is 32.1. The van der Waals surface area contributed by atoms with Crippen LogP contribution in [-0.2, 0) is 17.9 Å². The van der Waals surface area contributed by atoms with Gasteiger partial charge in [0, 0.05) is 50.6 Å². The van der Waals surface area contributed by atoms with Crippen LogP contribution in [0.15, 0.2) is 30.2 Å². The molecule has 1 saturated heterocycles. The minimum atomic E-state index is 0.267. The second kappa shape index (κ2) is 8.21. The quantitative estimate of drug-likeness (QED) is 0.810. The predicted octanol–water partition coefficient (Wildman–Crippen LogP) is 1.85. The highest BCUT2D eigenvalue weighted by Gasteiger charge is 2.19. The lowest BCUT2D eigenvalue weighted by Gasteiger charge is -2.21. The molecule has 3 heterocycles. The number of hydrogen-bond donors (Lipinski definition) is 0. The number of rotatable bonds is 6. The lowest BCUT2D eigenvalue weighted by Crippen LogP contribution is -2.35. The molecule has 7 heteroatoms. The molecule has 1 amide bonds. The fourth-order valence-corrected chi connectivity index (χ4v) is 3.65. The average molecular weight is 333 g/mol. The summed E-state index contributed by atoms with van der Waals surface area (Å²) in [6.45, 7) is 5.51. The van der Waals surface area contributed by atoms with Crippen molar-refractivity contribution in [2.45, 2.75) is 32.4 Å². The lowest BCUT2D eigenvalue weighted by atomic mass is 10.2. The van der Waals surface area contributed by atoms with Crippen molar-refractivity contribution in [3.8, 4) is 0 Å². The first kappa shape index (κ1) is 16.1. The van der Waals surface area contributed by atoms with E-state index in [0.717, 1.165) is 52.1 Å². The normalized spacial score (nSPS) is 16.4. The summed E-state index contributed by atoms with van der Waals surface area (Å²) in [5, 5.41) is 6.18. The van der Waals surface area contributed by atoms with Gasteiger partial charge in [0.1, 0.15) is 12.7 Å². The van der Waals surface area contributed by atoms with Gasteiger partial charge in [-0.1, -0.05) is 6.07 Å². The molecule has 0 spiro atoms. The molecule has 0 saturated carbocycles. The van der Waals surface area contributed by atoms with Crippen LogP contribution in [0.2, 0.25) is 0 Å². The van der Waals surface area contributed by atoms with Gasteiger partial charge in [-0.15, -0.1) is 11.3 Å². The van der Waals surface area contributed by atoms with E-state index in [1.165, 1.54) is 11.2 Å². The molecule has 0 unspecified atom stereocenters. The van der Waals surface area contributed by atoms with Crippen molar-refractivity contribution in [1.82, 2.24) is 24.6 Å². The Morgan fingerprint density at radius 1 is 1.26 bits per heavy atom. The first-order chi connectivity index (χ1) is 11.3. The van der Waals surface area contributed by atoms with Crippen molar-refractivity contribution in [2.75, 3.05) is 26.2 Å². The van der Waals surface area contributed by atoms with Gasteiger partial charge >= 0.3 is 0 Å². The molecule has 6 nitrogen and oxygen atoms in total. The molecule has 1 fully saturated rings. The second-order valence-corrected chi connectivity index (χ2v) is 6.88. The molecule has 23 heavy (non-hydrogen) atoms. The Morgan fingerprint density at radius 2 is 2.22 bits per heavy atom. The third-order valence-corrected chi connectivity index (χ3v) is 5.01. The molecule has 0 aliphatic carbocycles. The van der Waals surface area contributed by atoms with Crippen LogP contribution < -0.4 is 0 Å². The van der Waals surface area contributed by atoms with Crippen LogP contribution >= 0.6 is 11.3 Å². The van der Waals surface area contributed by atoms with Crippen molar-refractivity contribution < 1.29 is 4.79 Å². The van der Waals surface area contributed by atoms with E-state index >= 15 is 0 Å². The lowest BCUT2D eigenvalue weighted by molar-refractivity contribution is -0.131. The molecule has 0 atom stereocenters. The van der Waals surface area contributed by atoms with Gasteiger partial charge in [0.25, 0.3) is 0 Å². The zero-order chi connectivity index (χ0) is 15.9. The molecular weight excluding hydrogens is 310 g/mol. The summed E-state index contributed by atoms with van der Waals surface area (Å²) in [6, 6.07) is 4.28. The summed E-state index contributed by atoms with van der Waals surface area (Å²) >= 11 is 1.80. The topological polar surface area (TPSA) is 54.3 Å². The number of thiophene rings is 1. The summed E-state index contributed by atoms with van der Waals surface area (Å²) < 4.78 is 1.78. The number of aryl methyl sites for hydroxylation is 1. The zero-order valence-corrected chi connectivity index (χ0v) is 14.1. The number of hydrogen-bond acceptors (Lipinski definition) is 5. The Morgan fingerprint density at radius 3 is 3.00 bits per heavy atom. The monoisotopic (exact) mass is 333 g/mol. The number of amides is 1. The maximum absolute atomic E-state index is 12.4. The van der Waals surface area contributed by atoms with E-state index in [1.54, 1.807) is 22.3 Å². The first-order valence-corrected chi connectivity index (χ1v) is 9.04. The Labute approximate surface area is 140 Å². The van der Waals surface area contributed by atoms with Crippen molar-refractivity contribution in [1.29, 1.82) is 0 Å². The van der Waals surface area contributed by atoms with E-state index in [-0.39, 0.29) is 5.91 Å². The Bertz CT molecular complexity index is 584. The second-order valence-electron chi connectivity index (χ2n) is 5.85. The molecule has 1 aliphatic rings. The summed E-state index contributed by atoms with van der Waals surface area (Å²) in [4.78, 5) is 22.2. The summed E-state index contributed by atoms with van der Waals surface area (Å²) in [6.07, 6.45) is 5.68. The Hall–Kier alpha value is -1.73. The molecule has 3 rings (SSSR count). The van der Waals surface area contributed by atoms with Gasteiger partial charge in [0.05, 0.1) is 0 Å². The van der Waals surface area contributed by atoms with Gasteiger partial charge in [-0.05, 0) is 24.3 Å². The smallest absolute Gasteiger partial charge is 0.222 e. The maximum Gasteiger partial charge on any atom is 0.222 e. The molecule has 2 aromatic rings. The molecular formula is C16H23N5OS. The van der Waals surface area contributed by atoms with Gasteiger partial charge in [-0.25, -0.2) is 4.98 Å². The minimum Gasteiger partial charge on any atom is -0.341 e. The van der Waals surface area contributed by atoms with Crippen LogP contribution in [0, 0.1) is 0 Å². The zero-order valence-electron chi connectivity index (χ0n) is 13.3. The number of nitrogens with zero attached hydrogens (tertiary/aromatic N) is 5. The minimum absolute atomic E-state index is 0.267. The highest BCUT2D eigenvalue weighted by molar-refractivity contribution is 7.09. The van der Waals surface area contributed by atoms with Gasteiger partial charge in [-0.2, -0.15) is 5.10 Å². The summed E-state index contributed by atoms with van der Waals surface area (Å²) in [5.41, 5.74) is 0. The molecule has 2 aromatic heterocycles. The first-order valence-electron chi connectivity index (χ1n) is 8.16. The van der Waals surface area contributed by atoms with Crippen LogP contribution in [0.5, 0.6) is 0 Å². The molecule has 124 valence electrons. The fourth-order valence-electron chi connectivity index (χ4n) is 2.90. The molecule has 0 aromatic carbocycles. The van der Waals surface area contributed by atoms with Gasteiger partial charge < -0.3 is 4.90 Å². The number of carbonyl (C=O) groups is 1. The third kappa shape index (κ3) is 4.87. The van der Waals surface area contributed by atoms with E-state index in [0.29, 0.717) is 6.42 Å². The standard InChI is InChI=1S/C16H23N5OS/c22-16(5-1-8-21-14-17-13-18-21)20-7-3-6-19(9-10-20)12-15-4-2-11-23-15/h2,4,11,13-14H,1,3,5-10,12H2. The fraction of sp³-hybridized carbons (Fsp3) is 0.562. The number of aromatic nitrogens is 3. The van der Waals surface area contributed by atoms with E-state index in [1.807, 2.05) is 4.90 Å². The van der Waals surface area contributed by atoms with Crippen LogP contribution in [0.25, 0.3) is 0 Å². The van der Waals surface area contributed by atoms with Gasteiger partial charge in [0.2, 0.25) is 5.91 Å². The van der Waals surface area contributed by atoms with Crippen LogP contribution in [0.4, 0.5) is 0 Å². The SMILES string of the molecule is O=C(CCCn1cncn1)N1CCCN(Cc2cccs2)CC1. The molecule has 0 radical (unpaired) electrons. The van der Waals surface area contributed by atoms with E-state index < -0.39 is 0 Å². The predicted molar refractivity (Wildman–Crippen MR) is 90.0 cm³/mol. The molecule has 0 N–H and O–H groups in total. The third-order valence-electron chi connectivity index (χ3n) is 4.15. The summed E-state index contributed by atoms with van der Waals surface area (Å²) in [5.74, 6) is 0.267. The van der Waals surface area contributed by atoms with Crippen molar-refractivity contribution in [3.05, 3.63) is 35.0 Å². The van der Waals surface area contributed by atoms with Crippen molar-refractivity contribution in [3.63, 3.8) is 0 Å². The molecule has 0 bridgehead atoms. The van der Waals surface area contributed by atoms with Crippen LogP contribution in [-0.4, -0.2) is 56.7 Å². The summed E-state index contributed by atoms with van der Waals surface area (Å²) in [7, 11) is 0. The van der Waals surface area contributed by atoms with Crippen molar-refractivity contribution in [2.24, 2.45) is 0 Å². The van der Waals surface area contributed by atoms with Gasteiger partial charge in [-0.3, -0.25) is 14.4 Å². The van der Waals surface area contributed by atoms with Gasteiger partial charge in [0.15, 0.2) is 0 Å². The van der Waals surface area contributed by atoms with E-state index in [2.05, 4.69) is 32.5 Å². The maximum atomic E-state index is 12.4. The Kier molecular flexibility index (Phi) is 5.76. The van der Waals surface area contributed by atoms with E-state index in [4.69, 9.17) is 0 Å². The average Bonchev–Trinajstić information content (AvgIpc) is 3.19. The number of carbonyl (C=O) groups excluding carboxylic acids is 1. The largest absolute Gasteiger partial charge is 0.341 e. The van der Waals surface area contributed by atoms with E-state index in [9.17, 15) is 4.79 Å². The van der Waals surface area contributed by atoms with Crippen LogP contribution in [0.1, 0.15) is 24.1 Å². The molecule has 1 aliphatic heterocycles. The Balaban J connectivity index is 1.41. The van der Waals surface area contributed by atoms with Crippen LogP contribution in [0.3, 0.4) is 0 Å².